The molecule has 0 spiro atoms. The summed E-state index contributed by atoms with van der Waals surface area (Å²) in [5.74, 6) is -0.0208. The lowest BCUT2D eigenvalue weighted by Gasteiger charge is -2.33. The summed E-state index contributed by atoms with van der Waals surface area (Å²) in [5, 5.41) is 22.9. The number of para-hydroxylation sites is 1. The second kappa shape index (κ2) is 9.97. The fraction of sp³-hybridized carbons (Fsp3) is 0.348. The van der Waals surface area contributed by atoms with Gasteiger partial charge >= 0.3 is 12.0 Å². The number of carbonyl (C=O) groups is 2. The third-order valence-corrected chi connectivity index (χ3v) is 5.40. The van der Waals surface area contributed by atoms with Crippen LogP contribution in [0.15, 0.2) is 48.5 Å². The summed E-state index contributed by atoms with van der Waals surface area (Å²) in [6.07, 6.45) is 0.782. The molecule has 0 fully saturated rings. The number of carboxylic acids is 1. The summed E-state index contributed by atoms with van der Waals surface area (Å²) in [5.41, 5.74) is 2.61. The maximum Gasteiger partial charge on any atom is 0.326 e. The van der Waals surface area contributed by atoms with Gasteiger partial charge in [-0.15, -0.1) is 0 Å². The zero-order chi connectivity index (χ0) is 22.4. The molecule has 2 amide bonds. The Balaban J connectivity index is 1.72. The number of rotatable bonds is 7. The Bertz CT molecular complexity index is 962. The Kier molecular flexibility index (Phi) is 7.12. The van der Waals surface area contributed by atoms with Crippen LogP contribution >= 0.6 is 0 Å². The minimum absolute atomic E-state index is 0.147. The van der Waals surface area contributed by atoms with Crippen LogP contribution in [-0.2, 0) is 17.8 Å². The molecule has 2 atom stereocenters. The Hall–Kier alpha value is -3.55. The number of nitrogens with zero attached hydrogens (tertiary/aromatic N) is 1. The quantitative estimate of drug-likeness (QED) is 0.403. The number of aliphatic carboxylic acids is 1. The fourth-order valence-electron chi connectivity index (χ4n) is 3.69. The lowest BCUT2D eigenvalue weighted by molar-refractivity contribution is -0.139. The van der Waals surface area contributed by atoms with Crippen LogP contribution in [0.1, 0.15) is 36.1 Å². The number of amidine groups is 1. The third-order valence-electron chi connectivity index (χ3n) is 5.40. The molecule has 0 saturated heterocycles. The summed E-state index contributed by atoms with van der Waals surface area (Å²) in [6, 6.07) is 13.3. The lowest BCUT2D eigenvalue weighted by atomic mass is 9.99. The van der Waals surface area contributed by atoms with E-state index in [9.17, 15) is 14.7 Å². The average molecular weight is 425 g/mol. The molecule has 2 aromatic carbocycles. The van der Waals surface area contributed by atoms with Crippen molar-refractivity contribution in [2.45, 2.75) is 38.4 Å². The summed E-state index contributed by atoms with van der Waals surface area (Å²) in [4.78, 5) is 26.4. The molecular formula is C23H28N4O4. The number of ether oxygens (including phenoxy) is 1. The molecule has 0 bridgehead atoms. The van der Waals surface area contributed by atoms with Crippen molar-refractivity contribution < 1.29 is 19.4 Å². The van der Waals surface area contributed by atoms with E-state index in [2.05, 4.69) is 10.6 Å². The van der Waals surface area contributed by atoms with E-state index in [-0.39, 0.29) is 12.5 Å². The standard InChI is InChI=1S/C23H28N4O4/c1-15(24)25-14-17-8-4-3-7-16(17)13-19(22(28)29)26-23(30)27(2)20-11-12-31-21-10-6-5-9-18(20)21/h3-10,19-20H,11-14H2,1-2H3,(H2,24,25)(H,26,30)(H,28,29)/t19-,20?/m0/s1. The van der Waals surface area contributed by atoms with Crippen molar-refractivity contribution in [2.75, 3.05) is 13.7 Å². The van der Waals surface area contributed by atoms with Crippen LogP contribution in [0.3, 0.4) is 0 Å². The molecule has 8 nitrogen and oxygen atoms in total. The average Bonchev–Trinajstić information content (AvgIpc) is 2.76. The van der Waals surface area contributed by atoms with Crippen molar-refractivity contribution in [2.24, 2.45) is 0 Å². The molecule has 2 aromatic rings. The topological polar surface area (TPSA) is 115 Å². The number of benzene rings is 2. The fourth-order valence-corrected chi connectivity index (χ4v) is 3.69. The number of nitrogens with one attached hydrogen (secondary N) is 3. The van der Waals surface area contributed by atoms with E-state index in [0.29, 0.717) is 25.4 Å². The van der Waals surface area contributed by atoms with Gasteiger partial charge in [0, 0.05) is 32.0 Å². The van der Waals surface area contributed by atoms with E-state index < -0.39 is 18.0 Å². The third kappa shape index (κ3) is 5.53. The number of hydrogen-bond acceptors (Lipinski definition) is 4. The number of amides is 2. The van der Waals surface area contributed by atoms with Crippen LogP contribution in [0.25, 0.3) is 0 Å². The number of hydrogen-bond donors (Lipinski definition) is 4. The maximum atomic E-state index is 12.9. The molecule has 1 heterocycles. The summed E-state index contributed by atoms with van der Waals surface area (Å²) < 4.78 is 5.66. The Morgan fingerprint density at radius 3 is 2.58 bits per heavy atom. The monoisotopic (exact) mass is 424 g/mol. The highest BCUT2D eigenvalue weighted by Gasteiger charge is 2.30. The first kappa shape index (κ1) is 22.1. The molecule has 1 aliphatic heterocycles. The van der Waals surface area contributed by atoms with Crippen molar-refractivity contribution in [3.63, 3.8) is 0 Å². The van der Waals surface area contributed by atoms with E-state index in [0.717, 1.165) is 22.4 Å². The van der Waals surface area contributed by atoms with Crippen LogP contribution in [0.2, 0.25) is 0 Å². The summed E-state index contributed by atoms with van der Waals surface area (Å²) >= 11 is 0. The molecule has 1 aliphatic rings. The van der Waals surface area contributed by atoms with Gasteiger partial charge in [-0.25, -0.2) is 9.59 Å². The molecule has 8 heteroatoms. The normalized spacial score (nSPS) is 15.7. The van der Waals surface area contributed by atoms with E-state index >= 15 is 0 Å². The van der Waals surface area contributed by atoms with E-state index in [1.165, 1.54) is 0 Å². The van der Waals surface area contributed by atoms with Crippen molar-refractivity contribution in [1.29, 1.82) is 5.41 Å². The molecule has 0 aliphatic carbocycles. The van der Waals surface area contributed by atoms with Gasteiger partial charge < -0.3 is 25.4 Å². The molecule has 1 unspecified atom stereocenters. The summed E-state index contributed by atoms with van der Waals surface area (Å²) in [7, 11) is 1.67. The Morgan fingerprint density at radius 2 is 1.87 bits per heavy atom. The second-order valence-electron chi connectivity index (χ2n) is 7.59. The Labute approximate surface area is 181 Å². The highest BCUT2D eigenvalue weighted by molar-refractivity contribution is 5.83. The molecule has 31 heavy (non-hydrogen) atoms. The van der Waals surface area contributed by atoms with E-state index in [4.69, 9.17) is 10.1 Å². The number of urea groups is 1. The van der Waals surface area contributed by atoms with Gasteiger partial charge in [-0.2, -0.15) is 0 Å². The first-order valence-corrected chi connectivity index (χ1v) is 10.2. The van der Waals surface area contributed by atoms with Gasteiger partial charge in [0.25, 0.3) is 0 Å². The molecule has 0 aromatic heterocycles. The van der Waals surface area contributed by atoms with Crippen LogP contribution in [-0.4, -0.2) is 47.5 Å². The first-order valence-electron chi connectivity index (χ1n) is 10.2. The lowest BCUT2D eigenvalue weighted by Crippen LogP contribution is -2.49. The van der Waals surface area contributed by atoms with Gasteiger partial charge in [-0.05, 0) is 24.1 Å². The van der Waals surface area contributed by atoms with Crippen LogP contribution in [0.4, 0.5) is 4.79 Å². The zero-order valence-electron chi connectivity index (χ0n) is 17.7. The predicted octanol–water partition coefficient (Wildman–Crippen LogP) is 2.93. The van der Waals surface area contributed by atoms with Crippen LogP contribution in [0, 0.1) is 5.41 Å². The molecule has 0 saturated carbocycles. The van der Waals surface area contributed by atoms with E-state index in [1.807, 2.05) is 48.5 Å². The largest absolute Gasteiger partial charge is 0.493 e. The van der Waals surface area contributed by atoms with Gasteiger partial charge in [-0.3, -0.25) is 5.41 Å². The smallest absolute Gasteiger partial charge is 0.326 e. The maximum absolute atomic E-state index is 12.9. The van der Waals surface area contributed by atoms with Crippen LogP contribution < -0.4 is 15.4 Å². The van der Waals surface area contributed by atoms with Crippen molar-refractivity contribution in [3.05, 3.63) is 65.2 Å². The van der Waals surface area contributed by atoms with Gasteiger partial charge in [0.05, 0.1) is 18.5 Å². The zero-order valence-corrected chi connectivity index (χ0v) is 17.7. The van der Waals surface area contributed by atoms with Gasteiger partial charge in [0.2, 0.25) is 0 Å². The van der Waals surface area contributed by atoms with E-state index in [1.54, 1.807) is 18.9 Å². The molecule has 3 rings (SSSR count). The van der Waals surface area contributed by atoms with Crippen LogP contribution in [0.5, 0.6) is 5.75 Å². The molecule has 164 valence electrons. The van der Waals surface area contributed by atoms with Gasteiger partial charge in [-0.1, -0.05) is 42.5 Å². The number of carboxylic acid groups (broad SMARTS) is 1. The van der Waals surface area contributed by atoms with Crippen molar-refractivity contribution in [1.82, 2.24) is 15.5 Å². The molecular weight excluding hydrogens is 396 g/mol. The minimum Gasteiger partial charge on any atom is -0.493 e. The van der Waals surface area contributed by atoms with Gasteiger partial charge in [0.15, 0.2) is 0 Å². The second-order valence-corrected chi connectivity index (χ2v) is 7.59. The van der Waals surface area contributed by atoms with Crippen molar-refractivity contribution >= 4 is 17.8 Å². The minimum atomic E-state index is -1.10. The number of fused-ring (bicyclic) bond motifs is 1. The SMILES string of the molecule is CC(=N)NCc1ccccc1C[C@H](NC(=O)N(C)C1CCOc2ccccc21)C(=O)O. The highest BCUT2D eigenvalue weighted by Crippen LogP contribution is 2.35. The Morgan fingerprint density at radius 1 is 1.19 bits per heavy atom. The first-order chi connectivity index (χ1) is 14.9. The number of carbonyl (C=O) groups excluding carboxylic acids is 1. The van der Waals surface area contributed by atoms with Gasteiger partial charge in [0.1, 0.15) is 11.8 Å². The van der Waals surface area contributed by atoms with Crippen molar-refractivity contribution in [3.8, 4) is 5.75 Å². The molecule has 4 N–H and O–H groups in total. The molecule has 0 radical (unpaired) electrons. The predicted molar refractivity (Wildman–Crippen MR) is 117 cm³/mol. The highest BCUT2D eigenvalue weighted by atomic mass is 16.5. The summed E-state index contributed by atoms with van der Waals surface area (Å²) in [6.45, 7) is 2.56.